The number of hydrogen-bond acceptors (Lipinski definition) is 4. The highest BCUT2D eigenvalue weighted by molar-refractivity contribution is 5.38. The molecule has 1 atom stereocenters. The maximum absolute atomic E-state index is 12.5. The highest BCUT2D eigenvalue weighted by Crippen LogP contribution is 2.29. The zero-order valence-electron chi connectivity index (χ0n) is 11.7. The average molecular weight is 303 g/mol. The number of anilines is 1. The van der Waals surface area contributed by atoms with Crippen LogP contribution in [0.5, 0.6) is 0 Å². The minimum atomic E-state index is -4.34. The van der Waals surface area contributed by atoms with Crippen LogP contribution in [-0.4, -0.2) is 47.3 Å². The van der Waals surface area contributed by atoms with E-state index in [2.05, 4.69) is 15.2 Å². The van der Waals surface area contributed by atoms with Gasteiger partial charge in [-0.2, -0.15) is 13.2 Å². The number of halogens is 3. The molecule has 21 heavy (non-hydrogen) atoms. The summed E-state index contributed by atoms with van der Waals surface area (Å²) in [5.41, 5.74) is -0.695. The molecule has 118 valence electrons. The van der Waals surface area contributed by atoms with Crippen LogP contribution in [-0.2, 0) is 6.18 Å². The fraction of sp³-hybridized carbons (Fsp3) is 0.643. The molecule has 1 aromatic rings. The SMILES string of the molecule is O[C@H]1CCCN(CCCNc2cc(C(F)(F)F)ccn2)C1. The summed E-state index contributed by atoms with van der Waals surface area (Å²) >= 11 is 0. The van der Waals surface area contributed by atoms with Crippen LogP contribution in [0, 0.1) is 0 Å². The van der Waals surface area contributed by atoms with Crippen LogP contribution in [0.25, 0.3) is 0 Å². The number of β-amino-alcohol motifs (C(OH)–C–C–N with tert-alkyl or cyclic N) is 1. The summed E-state index contributed by atoms with van der Waals surface area (Å²) in [5.74, 6) is 0.239. The Kier molecular flexibility index (Phi) is 5.41. The maximum atomic E-state index is 12.5. The van der Waals surface area contributed by atoms with Gasteiger partial charge in [-0.15, -0.1) is 0 Å². The lowest BCUT2D eigenvalue weighted by Crippen LogP contribution is -2.39. The third kappa shape index (κ3) is 5.17. The van der Waals surface area contributed by atoms with Gasteiger partial charge in [-0.3, -0.25) is 0 Å². The highest BCUT2D eigenvalue weighted by atomic mass is 19.4. The third-order valence-corrected chi connectivity index (χ3v) is 3.53. The Hall–Kier alpha value is -1.34. The van der Waals surface area contributed by atoms with Gasteiger partial charge in [-0.25, -0.2) is 4.98 Å². The minimum Gasteiger partial charge on any atom is -0.392 e. The Morgan fingerprint density at radius 3 is 2.95 bits per heavy atom. The Labute approximate surface area is 122 Å². The molecule has 0 saturated carbocycles. The number of aliphatic hydroxyl groups is 1. The van der Waals surface area contributed by atoms with Crippen molar-refractivity contribution in [2.75, 3.05) is 31.5 Å². The van der Waals surface area contributed by atoms with Crippen molar-refractivity contribution in [2.24, 2.45) is 0 Å². The molecule has 2 heterocycles. The van der Waals surface area contributed by atoms with Gasteiger partial charge < -0.3 is 15.3 Å². The van der Waals surface area contributed by atoms with E-state index < -0.39 is 11.7 Å². The normalized spacial score (nSPS) is 20.5. The molecule has 2 rings (SSSR count). The summed E-state index contributed by atoms with van der Waals surface area (Å²) in [6, 6.07) is 1.98. The lowest BCUT2D eigenvalue weighted by molar-refractivity contribution is -0.137. The molecule has 0 aliphatic carbocycles. The molecule has 1 aromatic heterocycles. The number of aliphatic hydroxyl groups excluding tert-OH is 1. The van der Waals surface area contributed by atoms with Crippen molar-refractivity contribution in [2.45, 2.75) is 31.5 Å². The number of pyridine rings is 1. The number of alkyl halides is 3. The molecule has 0 amide bonds. The molecule has 2 N–H and O–H groups in total. The van der Waals surface area contributed by atoms with Crippen LogP contribution in [0.3, 0.4) is 0 Å². The molecule has 0 radical (unpaired) electrons. The van der Waals surface area contributed by atoms with Gasteiger partial charge in [0.25, 0.3) is 0 Å². The molecular formula is C14H20F3N3O. The Morgan fingerprint density at radius 1 is 1.43 bits per heavy atom. The monoisotopic (exact) mass is 303 g/mol. The van der Waals surface area contributed by atoms with Crippen LogP contribution in [0.15, 0.2) is 18.3 Å². The molecule has 1 aliphatic rings. The van der Waals surface area contributed by atoms with Crippen molar-refractivity contribution >= 4 is 5.82 Å². The molecule has 4 nitrogen and oxygen atoms in total. The number of piperidine rings is 1. The summed E-state index contributed by atoms with van der Waals surface area (Å²) in [5, 5.41) is 12.5. The predicted octanol–water partition coefficient (Wildman–Crippen LogP) is 2.36. The number of nitrogens with zero attached hydrogens (tertiary/aromatic N) is 2. The van der Waals surface area contributed by atoms with Crippen LogP contribution in [0.2, 0.25) is 0 Å². The lowest BCUT2D eigenvalue weighted by Gasteiger charge is -2.29. The Bertz CT molecular complexity index is 453. The van der Waals surface area contributed by atoms with Gasteiger partial charge in [-0.1, -0.05) is 0 Å². The molecule has 0 spiro atoms. The number of likely N-dealkylation sites (tertiary alicyclic amines) is 1. The quantitative estimate of drug-likeness (QED) is 0.820. The molecule has 1 aliphatic heterocycles. The van der Waals surface area contributed by atoms with Gasteiger partial charge in [0.1, 0.15) is 5.82 Å². The van der Waals surface area contributed by atoms with Gasteiger partial charge in [0.15, 0.2) is 0 Å². The second-order valence-electron chi connectivity index (χ2n) is 5.30. The lowest BCUT2D eigenvalue weighted by atomic mass is 10.1. The van der Waals surface area contributed by atoms with E-state index in [0.717, 1.165) is 50.7 Å². The van der Waals surface area contributed by atoms with E-state index in [1.807, 2.05) is 0 Å². The number of rotatable bonds is 5. The van der Waals surface area contributed by atoms with E-state index >= 15 is 0 Å². The van der Waals surface area contributed by atoms with Crippen molar-refractivity contribution in [1.29, 1.82) is 0 Å². The molecule has 0 bridgehead atoms. The van der Waals surface area contributed by atoms with E-state index in [4.69, 9.17) is 0 Å². The second-order valence-corrected chi connectivity index (χ2v) is 5.30. The summed E-state index contributed by atoms with van der Waals surface area (Å²) in [7, 11) is 0. The van der Waals surface area contributed by atoms with Crippen molar-refractivity contribution in [3.05, 3.63) is 23.9 Å². The molecule has 1 saturated heterocycles. The zero-order valence-corrected chi connectivity index (χ0v) is 11.7. The molecule has 0 aromatic carbocycles. The molecule has 0 unspecified atom stereocenters. The van der Waals surface area contributed by atoms with Gasteiger partial charge in [0.05, 0.1) is 11.7 Å². The molecule has 7 heteroatoms. The van der Waals surface area contributed by atoms with Crippen LogP contribution >= 0.6 is 0 Å². The molecule has 1 fully saturated rings. The number of hydrogen-bond donors (Lipinski definition) is 2. The van der Waals surface area contributed by atoms with Gasteiger partial charge in [0, 0.05) is 19.3 Å². The van der Waals surface area contributed by atoms with Crippen molar-refractivity contribution in [3.63, 3.8) is 0 Å². The topological polar surface area (TPSA) is 48.4 Å². The smallest absolute Gasteiger partial charge is 0.392 e. The van der Waals surface area contributed by atoms with Crippen molar-refractivity contribution in [3.8, 4) is 0 Å². The van der Waals surface area contributed by atoms with E-state index in [1.165, 1.54) is 0 Å². The Morgan fingerprint density at radius 2 is 2.24 bits per heavy atom. The first-order chi connectivity index (χ1) is 9.95. The average Bonchev–Trinajstić information content (AvgIpc) is 2.43. The van der Waals surface area contributed by atoms with E-state index in [0.29, 0.717) is 13.1 Å². The van der Waals surface area contributed by atoms with E-state index in [9.17, 15) is 18.3 Å². The van der Waals surface area contributed by atoms with Gasteiger partial charge in [0.2, 0.25) is 0 Å². The first-order valence-electron chi connectivity index (χ1n) is 7.13. The largest absolute Gasteiger partial charge is 0.416 e. The zero-order chi connectivity index (χ0) is 15.3. The maximum Gasteiger partial charge on any atom is 0.416 e. The summed E-state index contributed by atoms with van der Waals surface area (Å²) in [6.07, 6.45) is -0.802. The predicted molar refractivity (Wildman–Crippen MR) is 74.0 cm³/mol. The summed E-state index contributed by atoms with van der Waals surface area (Å²) in [6.45, 7) is 3.03. The Balaban J connectivity index is 1.73. The first kappa shape index (κ1) is 16.0. The van der Waals surface area contributed by atoms with E-state index in [-0.39, 0.29) is 11.9 Å². The number of nitrogens with one attached hydrogen (secondary N) is 1. The van der Waals surface area contributed by atoms with Crippen LogP contribution < -0.4 is 5.32 Å². The summed E-state index contributed by atoms with van der Waals surface area (Å²) < 4.78 is 37.6. The van der Waals surface area contributed by atoms with Crippen molar-refractivity contribution < 1.29 is 18.3 Å². The third-order valence-electron chi connectivity index (χ3n) is 3.53. The fourth-order valence-corrected chi connectivity index (χ4v) is 2.46. The van der Waals surface area contributed by atoms with Crippen LogP contribution in [0.4, 0.5) is 19.0 Å². The van der Waals surface area contributed by atoms with Gasteiger partial charge in [-0.05, 0) is 44.5 Å². The van der Waals surface area contributed by atoms with Gasteiger partial charge >= 0.3 is 6.18 Å². The van der Waals surface area contributed by atoms with Crippen LogP contribution in [0.1, 0.15) is 24.8 Å². The summed E-state index contributed by atoms with van der Waals surface area (Å²) in [4.78, 5) is 6.06. The highest BCUT2D eigenvalue weighted by Gasteiger charge is 2.30. The fourth-order valence-electron chi connectivity index (χ4n) is 2.46. The minimum absolute atomic E-state index is 0.239. The first-order valence-corrected chi connectivity index (χ1v) is 7.13. The standard InChI is InChI=1S/C14H20F3N3O/c15-14(16,17)11-4-6-19-13(9-11)18-5-2-8-20-7-1-3-12(21)10-20/h4,6,9,12,21H,1-3,5,7-8,10H2,(H,18,19)/t12-/m0/s1. The second kappa shape index (κ2) is 7.09. The van der Waals surface area contributed by atoms with E-state index in [1.54, 1.807) is 0 Å². The van der Waals surface area contributed by atoms with Crippen molar-refractivity contribution in [1.82, 2.24) is 9.88 Å². The number of aromatic nitrogens is 1. The molecular weight excluding hydrogens is 283 g/mol.